The number of esters is 1. The number of carbonyl (C=O) groups is 1. The Morgan fingerprint density at radius 3 is 2.60 bits per heavy atom. The van der Waals surface area contributed by atoms with Gasteiger partial charge in [-0.05, 0) is 50.1 Å². The predicted octanol–water partition coefficient (Wildman–Crippen LogP) is 0.799. The smallest absolute Gasteiger partial charge is 0.337 e. The van der Waals surface area contributed by atoms with Crippen LogP contribution in [0.3, 0.4) is 0 Å². The lowest BCUT2D eigenvalue weighted by Crippen LogP contribution is -2.26. The van der Waals surface area contributed by atoms with Gasteiger partial charge < -0.3 is 10.5 Å². The minimum atomic E-state index is -3.56. The van der Waals surface area contributed by atoms with E-state index < -0.39 is 16.0 Å². The Bertz CT molecular complexity index is 570. The molecule has 0 aliphatic carbocycles. The maximum absolute atomic E-state index is 12.1. The van der Waals surface area contributed by atoms with Crippen LogP contribution in [0.5, 0.6) is 0 Å². The van der Waals surface area contributed by atoms with Crippen LogP contribution in [0.4, 0.5) is 0 Å². The molecule has 0 saturated carbocycles. The average molecular weight is 300 g/mol. The summed E-state index contributed by atoms with van der Waals surface area (Å²) >= 11 is 0. The van der Waals surface area contributed by atoms with Gasteiger partial charge in [-0.3, -0.25) is 0 Å². The highest BCUT2D eigenvalue weighted by Gasteiger charge is 2.17. The molecule has 0 aromatic heterocycles. The van der Waals surface area contributed by atoms with Crippen molar-refractivity contribution in [2.75, 3.05) is 20.2 Å². The van der Waals surface area contributed by atoms with Crippen molar-refractivity contribution in [2.24, 2.45) is 5.73 Å². The van der Waals surface area contributed by atoms with Crippen LogP contribution in [0.25, 0.3) is 0 Å². The summed E-state index contributed by atoms with van der Waals surface area (Å²) in [7, 11) is -2.28. The highest BCUT2D eigenvalue weighted by molar-refractivity contribution is 7.89. The molecule has 6 nitrogen and oxygen atoms in total. The van der Waals surface area contributed by atoms with Gasteiger partial charge in [-0.25, -0.2) is 17.9 Å². The van der Waals surface area contributed by atoms with E-state index in [0.717, 1.165) is 6.42 Å². The number of hydrogen-bond donors (Lipinski definition) is 2. The summed E-state index contributed by atoms with van der Waals surface area (Å²) in [5.41, 5.74) is 6.18. The fraction of sp³-hybridized carbons (Fsp3) is 0.462. The molecule has 7 heteroatoms. The van der Waals surface area contributed by atoms with Gasteiger partial charge in [-0.15, -0.1) is 0 Å². The monoisotopic (exact) mass is 300 g/mol. The number of aryl methyl sites for hydroxylation is 1. The Morgan fingerprint density at radius 1 is 1.35 bits per heavy atom. The molecule has 20 heavy (non-hydrogen) atoms. The SMILES string of the molecule is COC(=O)c1ccc(S(=O)(=O)NCCCCN)c(C)c1. The molecule has 1 aromatic carbocycles. The summed E-state index contributed by atoms with van der Waals surface area (Å²) in [4.78, 5) is 11.5. The van der Waals surface area contributed by atoms with Gasteiger partial charge in [0, 0.05) is 6.54 Å². The third kappa shape index (κ3) is 4.29. The van der Waals surface area contributed by atoms with Gasteiger partial charge in [0.25, 0.3) is 0 Å². The van der Waals surface area contributed by atoms with Crippen molar-refractivity contribution in [2.45, 2.75) is 24.7 Å². The number of hydrogen-bond acceptors (Lipinski definition) is 5. The molecule has 0 atom stereocenters. The lowest BCUT2D eigenvalue weighted by molar-refractivity contribution is 0.0600. The van der Waals surface area contributed by atoms with Crippen LogP contribution in [-0.2, 0) is 14.8 Å². The summed E-state index contributed by atoms with van der Waals surface area (Å²) in [6, 6.07) is 4.35. The van der Waals surface area contributed by atoms with Crippen LogP contribution < -0.4 is 10.5 Å². The van der Waals surface area contributed by atoms with Gasteiger partial charge in [0.2, 0.25) is 10.0 Å². The standard InChI is InChI=1S/C13H20N2O4S/c1-10-9-11(13(16)19-2)5-6-12(10)20(17,18)15-8-4-3-7-14/h5-6,9,15H,3-4,7-8,14H2,1-2H3. The molecule has 0 fully saturated rings. The van der Waals surface area contributed by atoms with Crippen LogP contribution in [0.2, 0.25) is 0 Å². The van der Waals surface area contributed by atoms with Crippen molar-refractivity contribution >= 4 is 16.0 Å². The molecule has 0 bridgehead atoms. The Morgan fingerprint density at radius 2 is 2.05 bits per heavy atom. The quantitative estimate of drug-likeness (QED) is 0.573. The summed E-state index contributed by atoms with van der Waals surface area (Å²) in [5.74, 6) is -0.493. The second-order valence-electron chi connectivity index (χ2n) is 4.37. The molecule has 0 aliphatic rings. The summed E-state index contributed by atoms with van der Waals surface area (Å²) < 4.78 is 31.3. The largest absolute Gasteiger partial charge is 0.465 e. The first kappa shape index (κ1) is 16.6. The first-order valence-electron chi connectivity index (χ1n) is 6.31. The fourth-order valence-corrected chi connectivity index (χ4v) is 3.05. The summed E-state index contributed by atoms with van der Waals surface area (Å²) in [5, 5.41) is 0. The molecule has 0 radical (unpaired) electrons. The first-order valence-corrected chi connectivity index (χ1v) is 7.79. The van der Waals surface area contributed by atoms with Crippen LogP contribution in [0.15, 0.2) is 23.1 Å². The van der Waals surface area contributed by atoms with E-state index in [1.807, 2.05) is 0 Å². The van der Waals surface area contributed by atoms with Crippen molar-refractivity contribution < 1.29 is 17.9 Å². The van der Waals surface area contributed by atoms with Crippen molar-refractivity contribution in [3.63, 3.8) is 0 Å². The number of carbonyl (C=O) groups excluding carboxylic acids is 1. The highest BCUT2D eigenvalue weighted by Crippen LogP contribution is 2.17. The van der Waals surface area contributed by atoms with Gasteiger partial charge >= 0.3 is 5.97 Å². The summed E-state index contributed by atoms with van der Waals surface area (Å²) in [6.45, 7) is 2.52. The van der Waals surface area contributed by atoms with E-state index in [1.54, 1.807) is 6.92 Å². The molecule has 0 aliphatic heterocycles. The number of nitrogens with two attached hydrogens (primary N) is 1. The summed E-state index contributed by atoms with van der Waals surface area (Å²) in [6.07, 6.45) is 1.46. The number of ether oxygens (including phenoxy) is 1. The average Bonchev–Trinajstić information content (AvgIpc) is 2.42. The van der Waals surface area contributed by atoms with Crippen molar-refractivity contribution in [1.29, 1.82) is 0 Å². The zero-order chi connectivity index (χ0) is 15.2. The maximum atomic E-state index is 12.1. The van der Waals surface area contributed by atoms with Crippen LogP contribution in [-0.4, -0.2) is 34.6 Å². The van der Waals surface area contributed by atoms with Crippen LogP contribution in [0, 0.1) is 6.92 Å². The fourth-order valence-electron chi connectivity index (χ4n) is 1.75. The van der Waals surface area contributed by atoms with Gasteiger partial charge in [0.05, 0.1) is 17.6 Å². The molecule has 3 N–H and O–H groups in total. The highest BCUT2D eigenvalue weighted by atomic mass is 32.2. The van der Waals surface area contributed by atoms with Crippen LogP contribution >= 0.6 is 0 Å². The van der Waals surface area contributed by atoms with E-state index in [9.17, 15) is 13.2 Å². The molecular weight excluding hydrogens is 280 g/mol. The molecule has 0 unspecified atom stereocenters. The van der Waals surface area contributed by atoms with Gasteiger partial charge in [-0.2, -0.15) is 0 Å². The number of benzene rings is 1. The number of unbranched alkanes of at least 4 members (excludes halogenated alkanes) is 1. The van der Waals surface area contributed by atoms with Crippen LogP contribution in [0.1, 0.15) is 28.8 Å². The van der Waals surface area contributed by atoms with Crippen molar-refractivity contribution in [3.8, 4) is 0 Å². The van der Waals surface area contributed by atoms with E-state index >= 15 is 0 Å². The number of rotatable bonds is 7. The topological polar surface area (TPSA) is 98.5 Å². The van der Waals surface area contributed by atoms with Gasteiger partial charge in [0.15, 0.2) is 0 Å². The Hall–Kier alpha value is -1.44. The van der Waals surface area contributed by atoms with Gasteiger partial charge in [-0.1, -0.05) is 0 Å². The number of sulfonamides is 1. The third-order valence-corrected chi connectivity index (χ3v) is 4.43. The zero-order valence-electron chi connectivity index (χ0n) is 11.7. The van der Waals surface area contributed by atoms with Crippen molar-refractivity contribution in [1.82, 2.24) is 4.72 Å². The Labute approximate surface area is 119 Å². The molecular formula is C13H20N2O4S. The van der Waals surface area contributed by atoms with E-state index in [-0.39, 0.29) is 4.90 Å². The molecule has 0 saturated heterocycles. The van der Waals surface area contributed by atoms with E-state index in [2.05, 4.69) is 9.46 Å². The Kier molecular flexibility index (Phi) is 6.12. The van der Waals surface area contributed by atoms with E-state index in [4.69, 9.17) is 5.73 Å². The lowest BCUT2D eigenvalue weighted by atomic mass is 10.1. The molecule has 0 amide bonds. The normalized spacial score (nSPS) is 11.3. The molecule has 112 valence electrons. The minimum Gasteiger partial charge on any atom is -0.465 e. The predicted molar refractivity (Wildman–Crippen MR) is 76.0 cm³/mol. The van der Waals surface area contributed by atoms with E-state index in [1.165, 1.54) is 25.3 Å². The second-order valence-corrected chi connectivity index (χ2v) is 6.10. The van der Waals surface area contributed by atoms with E-state index in [0.29, 0.717) is 30.6 Å². The second kappa shape index (κ2) is 7.37. The van der Waals surface area contributed by atoms with Crippen molar-refractivity contribution in [3.05, 3.63) is 29.3 Å². The molecule has 0 spiro atoms. The lowest BCUT2D eigenvalue weighted by Gasteiger charge is -2.10. The molecule has 1 aromatic rings. The third-order valence-electron chi connectivity index (χ3n) is 2.81. The number of methoxy groups -OCH3 is 1. The molecule has 1 rings (SSSR count). The zero-order valence-corrected chi connectivity index (χ0v) is 12.5. The molecule has 0 heterocycles. The first-order chi connectivity index (χ1) is 9.42. The minimum absolute atomic E-state index is 0.165. The maximum Gasteiger partial charge on any atom is 0.337 e. The number of nitrogens with one attached hydrogen (secondary N) is 1. The Balaban J connectivity index is 2.88. The van der Waals surface area contributed by atoms with Gasteiger partial charge in [0.1, 0.15) is 0 Å².